The Morgan fingerprint density at radius 1 is 1.33 bits per heavy atom. The van der Waals surface area contributed by atoms with Crippen molar-refractivity contribution in [3.63, 3.8) is 0 Å². The molecule has 21 heavy (non-hydrogen) atoms. The number of aromatic nitrogens is 1. The Labute approximate surface area is 124 Å². The van der Waals surface area contributed by atoms with E-state index >= 15 is 0 Å². The zero-order chi connectivity index (χ0) is 15.1. The van der Waals surface area contributed by atoms with Crippen molar-refractivity contribution in [2.45, 2.75) is 26.3 Å². The fraction of sp³-hybridized carbons (Fsp3) is 0.375. The van der Waals surface area contributed by atoms with Crippen LogP contribution in [0.25, 0.3) is 0 Å². The van der Waals surface area contributed by atoms with Crippen molar-refractivity contribution in [2.75, 3.05) is 13.7 Å². The second kappa shape index (κ2) is 7.47. The largest absolute Gasteiger partial charge is 0.494 e. The smallest absolute Gasteiger partial charge is 0.222 e. The van der Waals surface area contributed by atoms with E-state index < -0.39 is 0 Å². The lowest BCUT2D eigenvalue weighted by molar-refractivity contribution is -0.130. The van der Waals surface area contributed by atoms with Gasteiger partial charge >= 0.3 is 0 Å². The van der Waals surface area contributed by atoms with Crippen LogP contribution in [0.1, 0.15) is 24.3 Å². The molecular formula is C16H20N2O3. The van der Waals surface area contributed by atoms with Crippen molar-refractivity contribution in [3.8, 4) is 5.75 Å². The van der Waals surface area contributed by atoms with E-state index in [-0.39, 0.29) is 5.91 Å². The molecule has 0 aliphatic rings. The summed E-state index contributed by atoms with van der Waals surface area (Å²) in [5.74, 6) is 1.66. The highest BCUT2D eigenvalue weighted by Crippen LogP contribution is 2.10. The van der Waals surface area contributed by atoms with Crippen molar-refractivity contribution in [1.29, 1.82) is 0 Å². The number of carbonyl (C=O) groups excluding carboxylic acids is 1. The molecule has 0 atom stereocenters. The predicted octanol–water partition coefficient (Wildman–Crippen LogP) is 2.80. The molecule has 1 aromatic heterocycles. The number of rotatable bonds is 7. The average Bonchev–Trinajstić information content (AvgIpc) is 2.89. The molecule has 2 rings (SSSR count). The molecule has 1 aromatic carbocycles. The fourth-order valence-corrected chi connectivity index (χ4v) is 1.94. The van der Waals surface area contributed by atoms with Gasteiger partial charge in [0, 0.05) is 19.5 Å². The molecule has 0 saturated carbocycles. The maximum absolute atomic E-state index is 12.0. The highest BCUT2D eigenvalue weighted by Gasteiger charge is 2.11. The minimum Gasteiger partial charge on any atom is -0.494 e. The van der Waals surface area contributed by atoms with Gasteiger partial charge in [0.15, 0.2) is 0 Å². The van der Waals surface area contributed by atoms with Gasteiger partial charge in [-0.15, -0.1) is 0 Å². The lowest BCUT2D eigenvalue weighted by Crippen LogP contribution is -2.26. The third-order valence-electron chi connectivity index (χ3n) is 3.05. The zero-order valence-corrected chi connectivity index (χ0v) is 12.4. The Balaban J connectivity index is 1.67. The van der Waals surface area contributed by atoms with Crippen molar-refractivity contribution >= 4 is 5.91 Å². The molecule has 1 heterocycles. The lowest BCUT2D eigenvalue weighted by Gasteiger charge is -2.15. The van der Waals surface area contributed by atoms with Crippen LogP contribution in [0, 0.1) is 6.92 Å². The number of aryl methyl sites for hydroxylation is 1. The summed E-state index contributed by atoms with van der Waals surface area (Å²) in [5.41, 5.74) is 0.767. The topological polar surface area (TPSA) is 55.6 Å². The Morgan fingerprint density at radius 2 is 2.10 bits per heavy atom. The van der Waals surface area contributed by atoms with E-state index in [0.29, 0.717) is 26.0 Å². The van der Waals surface area contributed by atoms with Gasteiger partial charge in [-0.2, -0.15) is 0 Å². The predicted molar refractivity (Wildman–Crippen MR) is 78.9 cm³/mol. The molecule has 0 N–H and O–H groups in total. The van der Waals surface area contributed by atoms with Crippen LogP contribution in [0.4, 0.5) is 0 Å². The van der Waals surface area contributed by atoms with Gasteiger partial charge in [-0.25, -0.2) is 0 Å². The van der Waals surface area contributed by atoms with Gasteiger partial charge in [0.25, 0.3) is 0 Å². The van der Waals surface area contributed by atoms with Gasteiger partial charge in [-0.05, 0) is 25.5 Å². The summed E-state index contributed by atoms with van der Waals surface area (Å²) in [6.07, 6.45) is 1.15. The number of hydrogen-bond donors (Lipinski definition) is 0. The number of nitrogens with zero attached hydrogens (tertiary/aromatic N) is 2. The van der Waals surface area contributed by atoms with Gasteiger partial charge in [0.2, 0.25) is 5.91 Å². The molecule has 5 heteroatoms. The number of amides is 1. The second-order valence-electron chi connectivity index (χ2n) is 4.94. The minimum absolute atomic E-state index is 0.0762. The molecule has 2 aromatic rings. The van der Waals surface area contributed by atoms with E-state index in [0.717, 1.165) is 17.2 Å². The molecule has 112 valence electrons. The van der Waals surface area contributed by atoms with Gasteiger partial charge in [-0.3, -0.25) is 4.79 Å². The van der Waals surface area contributed by atoms with Crippen molar-refractivity contribution in [3.05, 3.63) is 47.9 Å². The molecular weight excluding hydrogens is 268 g/mol. The Kier molecular flexibility index (Phi) is 5.37. The van der Waals surface area contributed by atoms with Crippen LogP contribution in [0.3, 0.4) is 0 Å². The molecule has 5 nitrogen and oxygen atoms in total. The molecule has 0 aliphatic heterocycles. The normalized spacial score (nSPS) is 10.4. The van der Waals surface area contributed by atoms with E-state index in [9.17, 15) is 4.79 Å². The monoisotopic (exact) mass is 288 g/mol. The first-order valence-corrected chi connectivity index (χ1v) is 6.99. The van der Waals surface area contributed by atoms with E-state index in [4.69, 9.17) is 9.26 Å². The van der Waals surface area contributed by atoms with Crippen LogP contribution in [-0.2, 0) is 11.3 Å². The number of benzene rings is 1. The Morgan fingerprint density at radius 3 is 2.76 bits per heavy atom. The molecule has 1 amide bonds. The summed E-state index contributed by atoms with van der Waals surface area (Å²) >= 11 is 0. The van der Waals surface area contributed by atoms with E-state index in [2.05, 4.69) is 5.16 Å². The summed E-state index contributed by atoms with van der Waals surface area (Å²) in [6, 6.07) is 11.4. The fourth-order valence-electron chi connectivity index (χ4n) is 1.94. The standard InChI is InChI=1S/C16H20N2O3/c1-13-11-14(17-21-13)12-18(2)16(19)9-6-10-20-15-7-4-3-5-8-15/h3-5,7-8,11H,6,9-10,12H2,1-2H3. The minimum atomic E-state index is 0.0762. The molecule has 0 fully saturated rings. The third kappa shape index (κ3) is 4.95. The van der Waals surface area contributed by atoms with Crippen molar-refractivity contribution in [2.24, 2.45) is 0 Å². The molecule has 0 spiro atoms. The summed E-state index contributed by atoms with van der Waals surface area (Å²) < 4.78 is 10.5. The van der Waals surface area contributed by atoms with Crippen LogP contribution in [-0.4, -0.2) is 29.6 Å². The van der Waals surface area contributed by atoms with E-state index in [1.807, 2.05) is 43.3 Å². The number of carbonyl (C=O) groups is 1. The molecule has 0 saturated heterocycles. The average molecular weight is 288 g/mol. The first-order valence-electron chi connectivity index (χ1n) is 6.99. The summed E-state index contributed by atoms with van der Waals surface area (Å²) in [6.45, 7) is 2.83. The first kappa shape index (κ1) is 15.1. The number of para-hydroxylation sites is 1. The van der Waals surface area contributed by atoms with Crippen molar-refractivity contribution < 1.29 is 14.1 Å². The molecule has 0 aliphatic carbocycles. The maximum atomic E-state index is 12.0. The van der Waals surface area contributed by atoms with Gasteiger partial charge in [0.05, 0.1) is 13.2 Å². The SMILES string of the molecule is Cc1cc(CN(C)C(=O)CCCOc2ccccc2)no1. The number of hydrogen-bond acceptors (Lipinski definition) is 4. The maximum Gasteiger partial charge on any atom is 0.222 e. The van der Waals surface area contributed by atoms with E-state index in [1.165, 1.54) is 0 Å². The van der Waals surface area contributed by atoms with Crippen LogP contribution in [0.2, 0.25) is 0 Å². The van der Waals surface area contributed by atoms with E-state index in [1.54, 1.807) is 11.9 Å². The van der Waals surface area contributed by atoms with Crippen LogP contribution in [0.15, 0.2) is 40.9 Å². The van der Waals surface area contributed by atoms with Crippen molar-refractivity contribution in [1.82, 2.24) is 10.1 Å². The third-order valence-corrected chi connectivity index (χ3v) is 3.05. The Bertz CT molecular complexity index is 566. The summed E-state index contributed by atoms with van der Waals surface area (Å²) in [5, 5.41) is 3.88. The van der Waals surface area contributed by atoms with Gasteiger partial charge < -0.3 is 14.2 Å². The van der Waals surface area contributed by atoms with Crippen LogP contribution >= 0.6 is 0 Å². The molecule has 0 bridgehead atoms. The zero-order valence-electron chi connectivity index (χ0n) is 12.4. The second-order valence-corrected chi connectivity index (χ2v) is 4.94. The molecule has 0 radical (unpaired) electrons. The first-order chi connectivity index (χ1) is 10.1. The summed E-state index contributed by atoms with van der Waals surface area (Å²) in [4.78, 5) is 13.6. The highest BCUT2D eigenvalue weighted by molar-refractivity contribution is 5.75. The summed E-state index contributed by atoms with van der Waals surface area (Å²) in [7, 11) is 1.77. The lowest BCUT2D eigenvalue weighted by atomic mass is 10.2. The quantitative estimate of drug-likeness (QED) is 0.735. The van der Waals surface area contributed by atoms with Gasteiger partial charge in [0.1, 0.15) is 17.2 Å². The highest BCUT2D eigenvalue weighted by atomic mass is 16.5. The Hall–Kier alpha value is -2.30. The van der Waals surface area contributed by atoms with Crippen LogP contribution in [0.5, 0.6) is 5.75 Å². The van der Waals surface area contributed by atoms with Gasteiger partial charge in [-0.1, -0.05) is 23.4 Å². The molecule has 0 unspecified atom stereocenters. The van der Waals surface area contributed by atoms with Crippen LogP contribution < -0.4 is 4.74 Å². The number of ether oxygens (including phenoxy) is 1.